The molecule has 0 fully saturated rings. The van der Waals surface area contributed by atoms with Crippen molar-refractivity contribution in [1.29, 1.82) is 10.5 Å². The molecular weight excluding hydrogens is 236 g/mol. The molecule has 0 spiro atoms. The zero-order valence-corrected chi connectivity index (χ0v) is 10.0. The minimum Gasteiger partial charge on any atom is -0.369 e. The Kier molecular flexibility index (Phi) is 4.50. The average molecular weight is 246 g/mol. The average Bonchev–Trinajstić information content (AvgIpc) is 2.34. The van der Waals surface area contributed by atoms with Gasteiger partial charge >= 0.3 is 0 Å². The first-order valence-electron chi connectivity index (χ1n) is 4.87. The van der Waals surface area contributed by atoms with Gasteiger partial charge in [-0.05, 0) is 12.0 Å². The summed E-state index contributed by atoms with van der Waals surface area (Å²) in [6.07, 6.45) is 1.99. The molecule has 1 amide bonds. The normalized spacial score (nSPS) is 9.35. The molecule has 86 valence electrons. The highest BCUT2D eigenvalue weighted by molar-refractivity contribution is 7.99. The summed E-state index contributed by atoms with van der Waals surface area (Å²) in [6, 6.07) is 4.03. The number of amides is 1. The second kappa shape index (κ2) is 5.88. The molecule has 0 aromatic carbocycles. The van der Waals surface area contributed by atoms with Crippen molar-refractivity contribution in [3.8, 4) is 12.1 Å². The van der Waals surface area contributed by atoms with Gasteiger partial charge < -0.3 is 5.73 Å². The molecule has 0 aliphatic carbocycles. The lowest BCUT2D eigenvalue weighted by Crippen LogP contribution is -2.13. The number of carbonyl (C=O) groups excluding carboxylic acids is 1. The smallest absolute Gasteiger partial charge is 0.227 e. The van der Waals surface area contributed by atoms with Gasteiger partial charge in [0.15, 0.2) is 0 Å². The fourth-order valence-corrected chi connectivity index (χ4v) is 2.08. The van der Waals surface area contributed by atoms with Crippen LogP contribution < -0.4 is 5.73 Å². The Hall–Kier alpha value is -2.05. The van der Waals surface area contributed by atoms with Crippen LogP contribution in [0.1, 0.15) is 23.6 Å². The van der Waals surface area contributed by atoms with Gasteiger partial charge in [0.1, 0.15) is 17.2 Å². The van der Waals surface area contributed by atoms with Gasteiger partial charge in [-0.3, -0.25) is 4.79 Å². The summed E-state index contributed by atoms with van der Waals surface area (Å²) in [4.78, 5) is 14.7. The Morgan fingerprint density at radius 3 is 2.71 bits per heavy atom. The third kappa shape index (κ3) is 2.96. The molecule has 0 aliphatic rings. The molecule has 1 rings (SSSR count). The number of pyridine rings is 1. The minimum atomic E-state index is -0.469. The summed E-state index contributed by atoms with van der Waals surface area (Å²) in [5.74, 6) is -0.403. The third-order valence-corrected chi connectivity index (χ3v) is 3.10. The number of thioether (sulfide) groups is 1. The van der Waals surface area contributed by atoms with Crippen LogP contribution in [-0.2, 0) is 11.2 Å². The number of rotatable bonds is 4. The van der Waals surface area contributed by atoms with Gasteiger partial charge in [-0.15, -0.1) is 0 Å². The maximum Gasteiger partial charge on any atom is 0.227 e. The summed E-state index contributed by atoms with van der Waals surface area (Å²) < 4.78 is 0. The van der Waals surface area contributed by atoms with Crippen LogP contribution in [0.5, 0.6) is 0 Å². The number of nitrogens with two attached hydrogens (primary N) is 1. The maximum absolute atomic E-state index is 10.7. The SMILES string of the molecule is CCc1c(C#N)cnc(SCC(N)=O)c1C#N. The van der Waals surface area contributed by atoms with Gasteiger partial charge in [-0.25, -0.2) is 4.98 Å². The molecule has 0 atom stereocenters. The van der Waals surface area contributed by atoms with Crippen LogP contribution in [0.4, 0.5) is 0 Å². The summed E-state index contributed by atoms with van der Waals surface area (Å²) in [5, 5.41) is 18.4. The fraction of sp³-hybridized carbons (Fsp3) is 0.273. The first-order valence-corrected chi connectivity index (χ1v) is 5.85. The molecule has 1 heterocycles. The van der Waals surface area contributed by atoms with Crippen LogP contribution in [0, 0.1) is 22.7 Å². The van der Waals surface area contributed by atoms with Crippen molar-refractivity contribution in [2.24, 2.45) is 5.73 Å². The van der Waals surface area contributed by atoms with Crippen molar-refractivity contribution in [2.75, 3.05) is 5.75 Å². The lowest BCUT2D eigenvalue weighted by Gasteiger charge is -2.07. The molecule has 0 aliphatic heterocycles. The fourth-order valence-electron chi connectivity index (χ4n) is 1.36. The Morgan fingerprint density at radius 2 is 2.24 bits per heavy atom. The van der Waals surface area contributed by atoms with Crippen molar-refractivity contribution < 1.29 is 4.79 Å². The van der Waals surface area contributed by atoms with E-state index >= 15 is 0 Å². The number of hydrogen-bond donors (Lipinski definition) is 1. The van der Waals surface area contributed by atoms with E-state index < -0.39 is 5.91 Å². The highest BCUT2D eigenvalue weighted by Crippen LogP contribution is 2.24. The second-order valence-corrected chi connectivity index (χ2v) is 4.13. The third-order valence-electron chi connectivity index (χ3n) is 2.09. The van der Waals surface area contributed by atoms with Crippen molar-refractivity contribution in [3.05, 3.63) is 22.9 Å². The van der Waals surface area contributed by atoms with Crippen molar-refractivity contribution in [2.45, 2.75) is 18.4 Å². The monoisotopic (exact) mass is 246 g/mol. The molecule has 2 N–H and O–H groups in total. The van der Waals surface area contributed by atoms with E-state index in [0.29, 0.717) is 28.1 Å². The van der Waals surface area contributed by atoms with E-state index in [1.807, 2.05) is 19.1 Å². The predicted octanol–water partition coefficient (Wildman–Crippen LogP) is 0.965. The zero-order chi connectivity index (χ0) is 12.8. The lowest BCUT2D eigenvalue weighted by molar-refractivity contribution is -0.115. The van der Waals surface area contributed by atoms with Crippen molar-refractivity contribution >= 4 is 17.7 Å². The van der Waals surface area contributed by atoms with Gasteiger partial charge in [0.05, 0.1) is 16.9 Å². The first kappa shape index (κ1) is 13.0. The topological polar surface area (TPSA) is 104 Å². The number of carbonyl (C=O) groups is 1. The number of aromatic nitrogens is 1. The molecule has 1 aromatic rings. The summed E-state index contributed by atoms with van der Waals surface area (Å²) >= 11 is 1.11. The van der Waals surface area contributed by atoms with Crippen LogP contribution in [0.25, 0.3) is 0 Å². The molecule has 1 aromatic heterocycles. The minimum absolute atomic E-state index is 0.0662. The Morgan fingerprint density at radius 1 is 1.53 bits per heavy atom. The largest absolute Gasteiger partial charge is 0.369 e. The van der Waals surface area contributed by atoms with Gasteiger partial charge in [0.25, 0.3) is 0 Å². The Bertz CT molecular complexity index is 527. The molecule has 0 saturated carbocycles. The summed E-state index contributed by atoms with van der Waals surface area (Å²) in [5.41, 5.74) is 6.45. The van der Waals surface area contributed by atoms with E-state index in [1.54, 1.807) is 0 Å². The molecule has 5 nitrogen and oxygen atoms in total. The zero-order valence-electron chi connectivity index (χ0n) is 9.23. The lowest BCUT2D eigenvalue weighted by atomic mass is 10.0. The summed E-state index contributed by atoms with van der Waals surface area (Å²) in [7, 11) is 0. The Labute approximate surface area is 103 Å². The highest BCUT2D eigenvalue weighted by atomic mass is 32.2. The highest BCUT2D eigenvalue weighted by Gasteiger charge is 2.14. The molecule has 6 heteroatoms. The second-order valence-electron chi connectivity index (χ2n) is 3.16. The van der Waals surface area contributed by atoms with Crippen LogP contribution in [0.2, 0.25) is 0 Å². The summed E-state index contributed by atoms with van der Waals surface area (Å²) in [6.45, 7) is 1.86. The predicted molar refractivity (Wildman–Crippen MR) is 63.0 cm³/mol. The molecule has 0 unspecified atom stereocenters. The maximum atomic E-state index is 10.7. The van der Waals surface area contributed by atoms with Crippen molar-refractivity contribution in [1.82, 2.24) is 4.98 Å². The standard InChI is InChI=1S/C11H10N4OS/c1-2-8-7(3-12)5-15-11(9(8)4-13)17-6-10(14)16/h5H,2,6H2,1H3,(H2,14,16). The molecular formula is C11H10N4OS. The first-order chi connectivity index (χ1) is 8.13. The molecule has 0 radical (unpaired) electrons. The molecule has 0 bridgehead atoms. The van der Waals surface area contributed by atoms with E-state index in [4.69, 9.17) is 16.3 Å². The van der Waals surface area contributed by atoms with Gasteiger partial charge in [-0.1, -0.05) is 18.7 Å². The van der Waals surface area contributed by atoms with Crippen LogP contribution in [-0.4, -0.2) is 16.6 Å². The van der Waals surface area contributed by atoms with Gasteiger partial charge in [0, 0.05) is 6.20 Å². The quantitative estimate of drug-likeness (QED) is 0.797. The Balaban J connectivity index is 3.21. The van der Waals surface area contributed by atoms with Crippen LogP contribution in [0.15, 0.2) is 11.2 Å². The van der Waals surface area contributed by atoms with E-state index in [0.717, 1.165) is 11.8 Å². The van der Waals surface area contributed by atoms with E-state index in [1.165, 1.54) is 6.20 Å². The van der Waals surface area contributed by atoms with Crippen LogP contribution >= 0.6 is 11.8 Å². The van der Waals surface area contributed by atoms with Gasteiger partial charge in [-0.2, -0.15) is 10.5 Å². The van der Waals surface area contributed by atoms with E-state index in [9.17, 15) is 4.79 Å². The number of nitriles is 2. The molecule has 17 heavy (non-hydrogen) atoms. The molecule has 0 saturated heterocycles. The number of hydrogen-bond acceptors (Lipinski definition) is 5. The van der Waals surface area contributed by atoms with E-state index in [2.05, 4.69) is 4.98 Å². The van der Waals surface area contributed by atoms with Gasteiger partial charge in [0.2, 0.25) is 5.91 Å². The van der Waals surface area contributed by atoms with Crippen LogP contribution in [0.3, 0.4) is 0 Å². The van der Waals surface area contributed by atoms with Crippen molar-refractivity contribution in [3.63, 3.8) is 0 Å². The number of primary amides is 1. The van der Waals surface area contributed by atoms with E-state index in [-0.39, 0.29) is 5.75 Å². The number of nitrogens with zero attached hydrogens (tertiary/aromatic N) is 3.